The standard InChI is InChI=1S/C20H21NO3S2/c1-13-3-9-17(10-4-13)21-18(22)14(2)24-19(23)15-5-7-16(8-6-15)20-25-11-12-26-20/h3-10,14,20H,11-12H2,1-2H3,(H,21,22)/t14-/m1/s1. The first-order valence-corrected chi connectivity index (χ1v) is 10.5. The molecule has 2 aromatic carbocycles. The summed E-state index contributed by atoms with van der Waals surface area (Å²) in [4.78, 5) is 24.5. The summed E-state index contributed by atoms with van der Waals surface area (Å²) in [6.07, 6.45) is -0.871. The van der Waals surface area contributed by atoms with E-state index in [1.165, 1.54) is 5.56 Å². The van der Waals surface area contributed by atoms with Crippen LogP contribution in [0.3, 0.4) is 0 Å². The van der Waals surface area contributed by atoms with E-state index < -0.39 is 12.1 Å². The Morgan fingerprint density at radius 1 is 1.04 bits per heavy atom. The van der Waals surface area contributed by atoms with E-state index in [9.17, 15) is 9.59 Å². The van der Waals surface area contributed by atoms with E-state index in [2.05, 4.69) is 5.32 Å². The Morgan fingerprint density at radius 2 is 1.65 bits per heavy atom. The molecule has 1 N–H and O–H groups in total. The third-order valence-electron chi connectivity index (χ3n) is 4.01. The topological polar surface area (TPSA) is 55.4 Å². The molecule has 1 atom stereocenters. The number of amides is 1. The molecule has 0 spiro atoms. The van der Waals surface area contributed by atoms with Gasteiger partial charge in [0, 0.05) is 17.2 Å². The Hall–Kier alpha value is -1.92. The van der Waals surface area contributed by atoms with Crippen molar-refractivity contribution < 1.29 is 14.3 Å². The molecule has 0 aromatic heterocycles. The molecule has 26 heavy (non-hydrogen) atoms. The van der Waals surface area contributed by atoms with Gasteiger partial charge < -0.3 is 10.1 Å². The third kappa shape index (κ3) is 4.83. The highest BCUT2D eigenvalue weighted by Gasteiger charge is 2.21. The highest BCUT2D eigenvalue weighted by molar-refractivity contribution is 8.19. The van der Waals surface area contributed by atoms with Crippen molar-refractivity contribution in [3.63, 3.8) is 0 Å². The molecule has 1 aliphatic heterocycles. The Kier molecular flexibility index (Phi) is 6.27. The van der Waals surface area contributed by atoms with Gasteiger partial charge >= 0.3 is 5.97 Å². The van der Waals surface area contributed by atoms with Crippen LogP contribution in [0.1, 0.15) is 33.0 Å². The summed E-state index contributed by atoms with van der Waals surface area (Å²) in [5, 5.41) is 2.75. The summed E-state index contributed by atoms with van der Waals surface area (Å²) in [5.41, 5.74) is 3.45. The number of hydrogen-bond acceptors (Lipinski definition) is 5. The number of esters is 1. The molecule has 1 aliphatic rings. The van der Waals surface area contributed by atoms with Gasteiger partial charge in [-0.1, -0.05) is 29.8 Å². The molecule has 1 fully saturated rings. The first-order chi connectivity index (χ1) is 12.5. The largest absolute Gasteiger partial charge is 0.449 e. The van der Waals surface area contributed by atoms with Crippen LogP contribution < -0.4 is 5.32 Å². The lowest BCUT2D eigenvalue weighted by molar-refractivity contribution is -0.123. The average Bonchev–Trinajstić information content (AvgIpc) is 3.18. The number of carbonyl (C=O) groups excluding carboxylic acids is 2. The van der Waals surface area contributed by atoms with Crippen molar-refractivity contribution in [3.05, 3.63) is 65.2 Å². The summed E-state index contributed by atoms with van der Waals surface area (Å²) < 4.78 is 5.74. The van der Waals surface area contributed by atoms with Gasteiger partial charge in [-0.05, 0) is 43.7 Å². The maximum Gasteiger partial charge on any atom is 0.338 e. The van der Waals surface area contributed by atoms with E-state index in [1.54, 1.807) is 19.1 Å². The molecular weight excluding hydrogens is 366 g/mol. The van der Waals surface area contributed by atoms with Gasteiger partial charge in [0.2, 0.25) is 0 Å². The van der Waals surface area contributed by atoms with E-state index in [0.717, 1.165) is 17.1 Å². The molecule has 6 heteroatoms. The number of carbonyl (C=O) groups is 2. The van der Waals surface area contributed by atoms with Crippen LogP contribution in [0.2, 0.25) is 0 Å². The number of nitrogens with one attached hydrogen (secondary N) is 1. The smallest absolute Gasteiger partial charge is 0.338 e. The molecule has 0 aliphatic carbocycles. The maximum absolute atomic E-state index is 12.3. The normalized spacial score (nSPS) is 15.5. The van der Waals surface area contributed by atoms with E-state index in [4.69, 9.17) is 4.74 Å². The number of anilines is 1. The first-order valence-electron chi connectivity index (χ1n) is 8.44. The summed E-state index contributed by atoms with van der Waals surface area (Å²) in [6, 6.07) is 14.9. The van der Waals surface area contributed by atoms with E-state index in [-0.39, 0.29) is 5.91 Å². The molecule has 0 saturated carbocycles. The fourth-order valence-electron chi connectivity index (χ4n) is 2.49. The lowest BCUT2D eigenvalue weighted by Gasteiger charge is -2.14. The van der Waals surface area contributed by atoms with Crippen LogP contribution >= 0.6 is 23.5 Å². The molecule has 1 heterocycles. The number of hydrogen-bond donors (Lipinski definition) is 1. The number of aryl methyl sites for hydroxylation is 1. The van der Waals surface area contributed by atoms with Gasteiger partial charge in [0.25, 0.3) is 5.91 Å². The lowest BCUT2D eigenvalue weighted by atomic mass is 10.1. The second-order valence-corrected chi connectivity index (χ2v) is 8.82. The summed E-state index contributed by atoms with van der Waals surface area (Å²) in [7, 11) is 0. The van der Waals surface area contributed by atoms with Crippen LogP contribution in [0.15, 0.2) is 48.5 Å². The Morgan fingerprint density at radius 3 is 2.27 bits per heavy atom. The van der Waals surface area contributed by atoms with Crippen molar-refractivity contribution in [2.75, 3.05) is 16.8 Å². The minimum atomic E-state index is -0.871. The van der Waals surface area contributed by atoms with Crippen LogP contribution in [-0.2, 0) is 9.53 Å². The maximum atomic E-state index is 12.3. The fourth-order valence-corrected chi connectivity index (χ4v) is 5.35. The van der Waals surface area contributed by atoms with Crippen molar-refractivity contribution in [1.82, 2.24) is 0 Å². The van der Waals surface area contributed by atoms with Crippen molar-refractivity contribution >= 4 is 41.1 Å². The summed E-state index contributed by atoms with van der Waals surface area (Å²) >= 11 is 3.84. The van der Waals surface area contributed by atoms with E-state index in [0.29, 0.717) is 15.8 Å². The average molecular weight is 388 g/mol. The van der Waals surface area contributed by atoms with Crippen LogP contribution in [0.4, 0.5) is 5.69 Å². The minimum absolute atomic E-state index is 0.349. The van der Waals surface area contributed by atoms with Crippen LogP contribution in [0, 0.1) is 6.92 Å². The molecule has 0 unspecified atom stereocenters. The molecule has 1 saturated heterocycles. The van der Waals surface area contributed by atoms with Crippen molar-refractivity contribution in [2.24, 2.45) is 0 Å². The first kappa shape index (κ1) is 18.9. The van der Waals surface area contributed by atoms with Gasteiger partial charge in [-0.2, -0.15) is 0 Å². The van der Waals surface area contributed by atoms with E-state index in [1.807, 2.05) is 66.8 Å². The van der Waals surface area contributed by atoms with Gasteiger partial charge in [-0.3, -0.25) is 4.79 Å². The minimum Gasteiger partial charge on any atom is -0.449 e. The molecule has 2 aromatic rings. The predicted molar refractivity (Wildman–Crippen MR) is 109 cm³/mol. The monoisotopic (exact) mass is 387 g/mol. The molecule has 4 nitrogen and oxygen atoms in total. The molecular formula is C20H21NO3S2. The quantitative estimate of drug-likeness (QED) is 0.757. The third-order valence-corrected chi connectivity index (χ3v) is 7.12. The van der Waals surface area contributed by atoms with E-state index >= 15 is 0 Å². The Labute approximate surface area is 162 Å². The van der Waals surface area contributed by atoms with Crippen LogP contribution in [0.5, 0.6) is 0 Å². The molecule has 136 valence electrons. The zero-order valence-corrected chi connectivity index (χ0v) is 16.4. The SMILES string of the molecule is Cc1ccc(NC(=O)[C@@H](C)OC(=O)c2ccc(C3SCCS3)cc2)cc1. The Bertz CT molecular complexity index is 769. The summed E-state index contributed by atoms with van der Waals surface area (Å²) in [5.74, 6) is 1.48. The van der Waals surface area contributed by atoms with Crippen LogP contribution in [-0.4, -0.2) is 29.5 Å². The Balaban J connectivity index is 1.56. The van der Waals surface area contributed by atoms with Gasteiger partial charge in [-0.15, -0.1) is 23.5 Å². The zero-order chi connectivity index (χ0) is 18.5. The number of ether oxygens (including phenoxy) is 1. The van der Waals surface area contributed by atoms with Crippen LogP contribution in [0.25, 0.3) is 0 Å². The van der Waals surface area contributed by atoms with Gasteiger partial charge in [0.05, 0.1) is 10.1 Å². The molecule has 1 amide bonds. The van der Waals surface area contributed by atoms with Crippen molar-refractivity contribution in [3.8, 4) is 0 Å². The molecule has 0 bridgehead atoms. The van der Waals surface area contributed by atoms with Crippen molar-refractivity contribution in [1.29, 1.82) is 0 Å². The second kappa shape index (κ2) is 8.64. The summed E-state index contributed by atoms with van der Waals surface area (Å²) in [6.45, 7) is 3.55. The highest BCUT2D eigenvalue weighted by atomic mass is 32.2. The fraction of sp³-hybridized carbons (Fsp3) is 0.300. The van der Waals surface area contributed by atoms with Gasteiger partial charge in [0.1, 0.15) is 0 Å². The number of benzene rings is 2. The molecule has 3 rings (SSSR count). The molecule has 0 radical (unpaired) electrons. The van der Waals surface area contributed by atoms with Gasteiger partial charge in [0.15, 0.2) is 6.10 Å². The number of rotatable bonds is 5. The van der Waals surface area contributed by atoms with Gasteiger partial charge in [-0.25, -0.2) is 4.79 Å². The zero-order valence-electron chi connectivity index (χ0n) is 14.7. The predicted octanol–water partition coefficient (Wildman–Crippen LogP) is 4.66. The number of thioether (sulfide) groups is 2. The van der Waals surface area contributed by atoms with Crippen molar-refractivity contribution in [2.45, 2.75) is 24.5 Å². The lowest BCUT2D eigenvalue weighted by Crippen LogP contribution is -2.30. The second-order valence-electron chi connectivity index (χ2n) is 6.10. The highest BCUT2D eigenvalue weighted by Crippen LogP contribution is 2.45.